The van der Waals surface area contributed by atoms with Crippen molar-refractivity contribution in [3.63, 3.8) is 0 Å². The minimum absolute atomic E-state index is 0. The zero-order chi connectivity index (χ0) is 64.7. The van der Waals surface area contributed by atoms with E-state index in [-0.39, 0.29) is 114 Å². The van der Waals surface area contributed by atoms with Crippen LogP contribution >= 0.6 is 0 Å². The third-order valence-electron chi connectivity index (χ3n) is 13.3. The van der Waals surface area contributed by atoms with Gasteiger partial charge in [-0.05, 0) is 180 Å². The van der Waals surface area contributed by atoms with Gasteiger partial charge in [-0.2, -0.15) is 0 Å². The topological polar surface area (TPSA) is 204 Å². The summed E-state index contributed by atoms with van der Waals surface area (Å²) >= 11 is 0. The van der Waals surface area contributed by atoms with Crippen LogP contribution < -0.4 is 11.1 Å². The molecule has 480 valence electrons. The van der Waals surface area contributed by atoms with Gasteiger partial charge in [0.2, 0.25) is 5.91 Å². The van der Waals surface area contributed by atoms with Gasteiger partial charge in [0.25, 0.3) is 0 Å². The summed E-state index contributed by atoms with van der Waals surface area (Å²) in [4.78, 5) is 85.0. The van der Waals surface area contributed by atoms with E-state index in [1.54, 1.807) is 0 Å². The molecule has 5 aromatic rings. The van der Waals surface area contributed by atoms with Crippen LogP contribution in [0.3, 0.4) is 0 Å². The number of nitrogens with one attached hydrogen (secondary N) is 1. The fourth-order valence-electron chi connectivity index (χ4n) is 8.64. The van der Waals surface area contributed by atoms with Crippen molar-refractivity contribution in [1.29, 1.82) is 0 Å². The Labute approximate surface area is 510 Å². The summed E-state index contributed by atoms with van der Waals surface area (Å²) in [7, 11) is 7.76. The summed E-state index contributed by atoms with van der Waals surface area (Å²) in [6.45, 7) is 2.79. The number of Topliss-reactive ketones (excluding diaryl/α,β-unsaturated/α-hetero) is 3. The van der Waals surface area contributed by atoms with Gasteiger partial charge in [0.05, 0.1) is 11.8 Å². The van der Waals surface area contributed by atoms with Crippen LogP contribution in [0.25, 0.3) is 24.3 Å². The third-order valence-corrected chi connectivity index (χ3v) is 13.3. The number of benzene rings is 5. The van der Waals surface area contributed by atoms with Crippen molar-refractivity contribution in [2.75, 3.05) is 54.4 Å². The second kappa shape index (κ2) is 37.2. The summed E-state index contributed by atoms with van der Waals surface area (Å²) in [5.41, 5.74) is 7.00. The highest BCUT2D eigenvalue weighted by atomic mass is 19.2. The molecule has 5 aromatic carbocycles. The molecule has 0 radical (unpaired) electrons. The first-order valence-corrected chi connectivity index (χ1v) is 27.0. The molecule has 0 unspecified atom stereocenters. The van der Waals surface area contributed by atoms with Crippen molar-refractivity contribution < 1.29 is 87.7 Å². The van der Waals surface area contributed by atoms with Crippen molar-refractivity contribution in [3.05, 3.63) is 199 Å². The molecule has 5 N–H and O–H groups in total. The highest BCUT2D eigenvalue weighted by Crippen LogP contribution is 2.35. The Bertz CT molecular complexity index is 3280. The van der Waals surface area contributed by atoms with E-state index in [9.17, 15) is 82.6 Å². The minimum Gasteiger partial charge on any atom is -0.481 e. The molecule has 3 fully saturated rings. The summed E-state index contributed by atoms with van der Waals surface area (Å²) in [5, 5.41) is 20.7. The molecular formula is C66H72F10N4O9. The molecule has 0 spiro atoms. The van der Waals surface area contributed by atoms with Crippen LogP contribution in [0.15, 0.2) is 113 Å². The van der Waals surface area contributed by atoms with Crippen LogP contribution in [0.2, 0.25) is 0 Å². The molecule has 23 heteroatoms. The summed E-state index contributed by atoms with van der Waals surface area (Å²) in [6, 6.07) is 15.6. The number of allylic oxidation sites excluding steroid dienone is 4. The molecule has 8 rings (SSSR count). The van der Waals surface area contributed by atoms with Crippen LogP contribution in [0.1, 0.15) is 98.8 Å². The van der Waals surface area contributed by atoms with Crippen molar-refractivity contribution in [3.8, 4) is 0 Å². The Morgan fingerprint density at radius 2 is 0.764 bits per heavy atom. The molecule has 3 aliphatic carbocycles. The Balaban J connectivity index is 0.000000429. The Kier molecular flexibility index (Phi) is 32.0. The van der Waals surface area contributed by atoms with Crippen molar-refractivity contribution in [1.82, 2.24) is 15.1 Å². The SMILES string of the molecule is C.C.CN(C)CCN.CN(C)CCNC(=O)C1C/C(=C\c2ccc(F)c(F)c2)C(=O)/C(=C/c2ccc(F)c(F)c2)C1.O=C1/C(=C/c2ccc(F)c(F)c2)CC(C(=O)O)C/C1=C\c1ccc(F)c(F)c1.O=C1CCC(C(=O)O)CC1.O=Cc1ccc(F)c(F)c1. The van der Waals surface area contributed by atoms with Crippen LogP contribution in [0.4, 0.5) is 43.9 Å². The van der Waals surface area contributed by atoms with Gasteiger partial charge in [0.15, 0.2) is 69.7 Å². The molecule has 0 aromatic heterocycles. The Hall–Kier alpha value is -8.67. The molecule has 13 nitrogen and oxygen atoms in total. The zero-order valence-electron chi connectivity index (χ0n) is 47.8. The van der Waals surface area contributed by atoms with E-state index in [0.29, 0.717) is 45.1 Å². The molecule has 89 heavy (non-hydrogen) atoms. The summed E-state index contributed by atoms with van der Waals surface area (Å²) < 4.78 is 131. The first-order chi connectivity index (χ1) is 41.1. The Morgan fingerprint density at radius 1 is 0.472 bits per heavy atom. The largest absolute Gasteiger partial charge is 0.481 e. The number of nitrogens with two attached hydrogens (primary N) is 1. The molecule has 3 aliphatic rings. The highest BCUT2D eigenvalue weighted by molar-refractivity contribution is 6.15. The lowest BCUT2D eigenvalue weighted by Crippen LogP contribution is -2.38. The number of halogens is 10. The number of carboxylic acids is 2. The predicted octanol–water partition coefficient (Wildman–Crippen LogP) is 12.5. The van der Waals surface area contributed by atoms with Gasteiger partial charge in [-0.25, -0.2) is 43.9 Å². The van der Waals surface area contributed by atoms with Crippen LogP contribution in [0.5, 0.6) is 0 Å². The van der Waals surface area contributed by atoms with Crippen molar-refractivity contribution in [2.24, 2.45) is 23.5 Å². The van der Waals surface area contributed by atoms with Gasteiger partial charge in [-0.1, -0.05) is 39.1 Å². The number of aliphatic carboxylic acids is 2. The standard InChI is InChI=1S/C25H24F4N2O2.C21H14F4O3.C7H4F2O.C7H10O3.C4H12N2.2CH4/c1-31(2)8-7-30-25(33)19-13-17(9-15-3-5-20(26)22(28)11-15)24(32)18(14-19)10-16-4-6-21(27)23(29)12-16;22-16-3-1-11(7-18(16)24)5-13-9-15(21(27)28)10-14(20(13)26)6-12-2-4-17(23)19(25)8-12;8-6-2-1-5(4-10)3-7(6)9;8-6-3-1-5(2-4-6)7(9)10;1-6(2)4-3-5;;/h3-6,9-12,19H,7-8,13-14H2,1-2H3,(H,30,33);1-8,15H,9-10H2,(H,27,28);1-4H;5H,1-4H2,(H,9,10);3-5H2,1-2H3;2*1H4/b17-9+,18-10+;13-5+,14-6+;;;;;. The molecule has 3 saturated carbocycles. The lowest BCUT2D eigenvalue weighted by atomic mass is 9.79. The van der Waals surface area contributed by atoms with E-state index in [4.69, 9.17) is 10.8 Å². The summed E-state index contributed by atoms with van der Waals surface area (Å²) in [5.74, 6) is -14.9. The average molecular weight is 1260 g/mol. The highest BCUT2D eigenvalue weighted by Gasteiger charge is 2.34. The number of hydrogen-bond acceptors (Lipinski definition) is 10. The maximum Gasteiger partial charge on any atom is 0.307 e. The average Bonchev–Trinajstić information content (AvgIpc) is 1.32. The lowest BCUT2D eigenvalue weighted by Gasteiger charge is -2.25. The van der Waals surface area contributed by atoms with E-state index < -0.39 is 87.7 Å². The van der Waals surface area contributed by atoms with Gasteiger partial charge in [0, 0.05) is 72.8 Å². The van der Waals surface area contributed by atoms with Gasteiger partial charge < -0.3 is 31.1 Å². The van der Waals surface area contributed by atoms with Gasteiger partial charge in [-0.3, -0.25) is 33.6 Å². The first kappa shape index (κ1) is 76.4. The molecule has 0 heterocycles. The number of carboxylic acid groups (broad SMARTS) is 2. The fourth-order valence-corrected chi connectivity index (χ4v) is 8.64. The molecule has 0 aliphatic heterocycles. The number of rotatable bonds is 13. The van der Waals surface area contributed by atoms with Gasteiger partial charge in [-0.15, -0.1) is 0 Å². The quantitative estimate of drug-likeness (QED) is 0.0494. The number of likely N-dealkylation sites (N-methyl/N-ethyl adjacent to an activating group) is 2. The van der Waals surface area contributed by atoms with Crippen molar-refractivity contribution in [2.45, 2.75) is 66.2 Å². The number of aldehydes is 1. The molecule has 0 saturated heterocycles. The number of ketones is 3. The van der Waals surface area contributed by atoms with Crippen LogP contribution in [0, 0.1) is 75.9 Å². The number of hydrogen-bond donors (Lipinski definition) is 4. The maximum absolute atomic E-state index is 13.6. The van der Waals surface area contributed by atoms with Crippen molar-refractivity contribution >= 4 is 65.8 Å². The molecule has 1 amide bonds. The number of carbonyl (C=O) groups is 7. The second-order valence-corrected chi connectivity index (χ2v) is 20.7. The monoisotopic (exact) mass is 1250 g/mol. The predicted molar refractivity (Wildman–Crippen MR) is 319 cm³/mol. The van der Waals surface area contributed by atoms with Gasteiger partial charge >= 0.3 is 11.9 Å². The smallest absolute Gasteiger partial charge is 0.307 e. The number of carbonyl (C=O) groups excluding carboxylic acids is 5. The first-order valence-electron chi connectivity index (χ1n) is 27.0. The Morgan fingerprint density at radius 3 is 1.02 bits per heavy atom. The second-order valence-electron chi connectivity index (χ2n) is 20.7. The van der Waals surface area contributed by atoms with Gasteiger partial charge in [0.1, 0.15) is 12.1 Å². The van der Waals surface area contributed by atoms with E-state index in [2.05, 4.69) is 10.2 Å². The summed E-state index contributed by atoms with van der Waals surface area (Å²) in [6.07, 6.45) is 7.95. The fraction of sp³-hybridized carbons (Fsp3) is 0.318. The maximum atomic E-state index is 13.6. The molecule has 0 bridgehead atoms. The third kappa shape index (κ3) is 25.2. The minimum atomic E-state index is -1.13. The van der Waals surface area contributed by atoms with E-state index in [1.807, 2.05) is 33.1 Å². The van der Waals surface area contributed by atoms with E-state index in [0.717, 1.165) is 73.8 Å². The molecular weight excluding hydrogens is 1180 g/mol. The van der Waals surface area contributed by atoms with E-state index >= 15 is 0 Å². The van der Waals surface area contributed by atoms with Crippen LogP contribution in [-0.2, 0) is 28.8 Å². The lowest BCUT2D eigenvalue weighted by molar-refractivity contribution is -0.144. The zero-order valence-corrected chi connectivity index (χ0v) is 47.8. The van der Waals surface area contributed by atoms with E-state index in [1.165, 1.54) is 54.6 Å². The number of amides is 1. The molecule has 0 atom stereocenters. The van der Waals surface area contributed by atoms with Crippen LogP contribution in [-0.4, -0.2) is 116 Å². The number of nitrogens with zero attached hydrogens (tertiary/aromatic N) is 2. The normalized spacial score (nSPS) is 17.4.